The van der Waals surface area contributed by atoms with Crippen molar-refractivity contribution in [3.05, 3.63) is 29.6 Å². The predicted octanol–water partition coefficient (Wildman–Crippen LogP) is 4.01. The predicted molar refractivity (Wildman–Crippen MR) is 75.6 cm³/mol. The molecule has 1 atom stereocenters. The van der Waals surface area contributed by atoms with Gasteiger partial charge in [0.25, 0.3) is 0 Å². The van der Waals surface area contributed by atoms with Crippen LogP contribution in [0.25, 0.3) is 0 Å². The van der Waals surface area contributed by atoms with Crippen LogP contribution in [0.4, 0.5) is 4.39 Å². The number of hydrogen-bond donors (Lipinski definition) is 2. The van der Waals surface area contributed by atoms with Crippen LogP contribution in [0.1, 0.15) is 51.1 Å². The Labute approximate surface area is 115 Å². The summed E-state index contributed by atoms with van der Waals surface area (Å²) in [6, 6.07) is 4.29. The molecule has 0 aromatic heterocycles. The molecule has 0 heterocycles. The first-order chi connectivity index (χ1) is 9.06. The Balaban J connectivity index is 1.85. The van der Waals surface area contributed by atoms with Crippen LogP contribution in [0.15, 0.2) is 18.2 Å². The summed E-state index contributed by atoms with van der Waals surface area (Å²) in [6.07, 6.45) is 5.22. The van der Waals surface area contributed by atoms with Crippen molar-refractivity contribution in [1.82, 2.24) is 5.32 Å². The molecule has 2 nitrogen and oxygen atoms in total. The van der Waals surface area contributed by atoms with Gasteiger partial charge in [0.2, 0.25) is 0 Å². The second-order valence-electron chi connectivity index (χ2n) is 5.96. The van der Waals surface area contributed by atoms with Crippen molar-refractivity contribution in [3.63, 3.8) is 0 Å². The minimum absolute atomic E-state index is 0.0391. The van der Waals surface area contributed by atoms with E-state index in [1.54, 1.807) is 6.07 Å². The first kappa shape index (κ1) is 14.3. The number of halogens is 1. The lowest BCUT2D eigenvalue weighted by atomic mass is 9.83. The lowest BCUT2D eigenvalue weighted by molar-refractivity contribution is 0.275. The van der Waals surface area contributed by atoms with E-state index in [-0.39, 0.29) is 11.8 Å². The maximum absolute atomic E-state index is 12.9. The summed E-state index contributed by atoms with van der Waals surface area (Å²) in [7, 11) is 0. The van der Waals surface area contributed by atoms with Gasteiger partial charge in [-0.3, -0.25) is 0 Å². The highest BCUT2D eigenvalue weighted by molar-refractivity contribution is 5.34. The number of nitrogens with one attached hydrogen (secondary N) is 1. The van der Waals surface area contributed by atoms with E-state index in [1.165, 1.54) is 37.8 Å². The second kappa shape index (κ2) is 6.38. The third-order valence-electron chi connectivity index (χ3n) is 4.31. The Kier molecular flexibility index (Phi) is 4.81. The van der Waals surface area contributed by atoms with Crippen LogP contribution in [0, 0.1) is 17.7 Å². The Morgan fingerprint density at radius 3 is 2.63 bits per heavy atom. The molecule has 0 radical (unpaired) electrons. The van der Waals surface area contributed by atoms with Gasteiger partial charge in [-0.2, -0.15) is 0 Å². The Hall–Kier alpha value is -1.09. The molecule has 1 aromatic rings. The summed E-state index contributed by atoms with van der Waals surface area (Å²) in [4.78, 5) is 0. The van der Waals surface area contributed by atoms with E-state index in [1.807, 2.05) is 6.92 Å². The molecule has 0 amide bonds. The average Bonchev–Trinajstić information content (AvgIpc) is 2.37. The van der Waals surface area contributed by atoms with E-state index >= 15 is 0 Å². The molecule has 1 aliphatic carbocycles. The molecule has 1 fully saturated rings. The van der Waals surface area contributed by atoms with Gasteiger partial charge in [0.1, 0.15) is 11.6 Å². The van der Waals surface area contributed by atoms with E-state index in [0.717, 1.165) is 23.9 Å². The fourth-order valence-electron chi connectivity index (χ4n) is 2.87. The zero-order valence-electron chi connectivity index (χ0n) is 11.8. The van der Waals surface area contributed by atoms with E-state index in [0.29, 0.717) is 0 Å². The van der Waals surface area contributed by atoms with E-state index in [9.17, 15) is 9.50 Å². The highest BCUT2D eigenvalue weighted by Crippen LogP contribution is 2.29. The standard InChI is InChI=1S/C16H24FNO/c1-11-3-5-13(6-4-11)10-18-12(2)15-8-7-14(17)9-16(15)19/h7-9,11-13,18-19H,3-6,10H2,1-2H3. The van der Waals surface area contributed by atoms with Crippen molar-refractivity contribution in [2.45, 2.75) is 45.6 Å². The lowest BCUT2D eigenvalue weighted by Crippen LogP contribution is -2.28. The molecule has 0 aliphatic heterocycles. The highest BCUT2D eigenvalue weighted by atomic mass is 19.1. The zero-order chi connectivity index (χ0) is 13.8. The normalized spacial score (nSPS) is 25.2. The largest absolute Gasteiger partial charge is 0.508 e. The number of phenols is 1. The number of benzene rings is 1. The van der Waals surface area contributed by atoms with Crippen LogP contribution in [0.5, 0.6) is 5.75 Å². The van der Waals surface area contributed by atoms with Crippen molar-refractivity contribution in [2.24, 2.45) is 11.8 Å². The van der Waals surface area contributed by atoms with Crippen molar-refractivity contribution >= 4 is 0 Å². The van der Waals surface area contributed by atoms with Crippen molar-refractivity contribution in [1.29, 1.82) is 0 Å². The molecule has 2 N–H and O–H groups in total. The molecular formula is C16H24FNO. The van der Waals surface area contributed by atoms with E-state index in [2.05, 4.69) is 12.2 Å². The topological polar surface area (TPSA) is 32.3 Å². The van der Waals surface area contributed by atoms with Crippen molar-refractivity contribution in [2.75, 3.05) is 6.54 Å². The Morgan fingerprint density at radius 2 is 2.00 bits per heavy atom. The molecule has 1 unspecified atom stereocenters. The van der Waals surface area contributed by atoms with Crippen LogP contribution >= 0.6 is 0 Å². The van der Waals surface area contributed by atoms with Gasteiger partial charge < -0.3 is 10.4 Å². The summed E-state index contributed by atoms with van der Waals surface area (Å²) in [5, 5.41) is 13.2. The van der Waals surface area contributed by atoms with Crippen molar-refractivity contribution < 1.29 is 9.50 Å². The number of phenolic OH excluding ortho intramolecular Hbond substituents is 1. The molecule has 0 saturated heterocycles. The number of aromatic hydroxyl groups is 1. The van der Waals surface area contributed by atoms with Crippen molar-refractivity contribution in [3.8, 4) is 5.75 Å². The lowest BCUT2D eigenvalue weighted by Gasteiger charge is -2.27. The molecule has 1 aliphatic rings. The molecule has 19 heavy (non-hydrogen) atoms. The monoisotopic (exact) mass is 265 g/mol. The maximum Gasteiger partial charge on any atom is 0.126 e. The van der Waals surface area contributed by atoms with Gasteiger partial charge in [0.15, 0.2) is 0 Å². The van der Waals surface area contributed by atoms with Gasteiger partial charge in [-0.15, -0.1) is 0 Å². The Morgan fingerprint density at radius 1 is 1.32 bits per heavy atom. The number of hydrogen-bond acceptors (Lipinski definition) is 2. The fourth-order valence-corrected chi connectivity index (χ4v) is 2.87. The SMILES string of the molecule is CC1CCC(CNC(C)c2ccc(F)cc2O)CC1. The summed E-state index contributed by atoms with van der Waals surface area (Å²) in [6.45, 7) is 5.31. The minimum atomic E-state index is -0.394. The van der Waals surface area contributed by atoms with Crippen LogP contribution in [0.3, 0.4) is 0 Å². The second-order valence-corrected chi connectivity index (χ2v) is 5.96. The van der Waals surface area contributed by atoms with Crippen LogP contribution in [-0.2, 0) is 0 Å². The van der Waals surface area contributed by atoms with Crippen LogP contribution in [-0.4, -0.2) is 11.7 Å². The third kappa shape index (κ3) is 3.93. The maximum atomic E-state index is 12.9. The van der Waals surface area contributed by atoms with Gasteiger partial charge in [-0.05, 0) is 44.2 Å². The first-order valence-corrected chi connectivity index (χ1v) is 7.28. The van der Waals surface area contributed by atoms with Gasteiger partial charge in [-0.25, -0.2) is 4.39 Å². The molecule has 1 aromatic carbocycles. The minimum Gasteiger partial charge on any atom is -0.508 e. The van der Waals surface area contributed by atoms with Crippen LogP contribution in [0.2, 0.25) is 0 Å². The van der Waals surface area contributed by atoms with E-state index in [4.69, 9.17) is 0 Å². The highest BCUT2D eigenvalue weighted by Gasteiger charge is 2.19. The first-order valence-electron chi connectivity index (χ1n) is 7.28. The zero-order valence-corrected chi connectivity index (χ0v) is 11.8. The molecule has 1 saturated carbocycles. The molecule has 2 rings (SSSR count). The summed E-state index contributed by atoms with van der Waals surface area (Å²) >= 11 is 0. The van der Waals surface area contributed by atoms with Gasteiger partial charge in [-0.1, -0.05) is 25.8 Å². The average molecular weight is 265 g/mol. The van der Waals surface area contributed by atoms with Gasteiger partial charge in [0.05, 0.1) is 0 Å². The molecular weight excluding hydrogens is 241 g/mol. The molecule has 0 spiro atoms. The van der Waals surface area contributed by atoms with Crippen LogP contribution < -0.4 is 5.32 Å². The quantitative estimate of drug-likeness (QED) is 0.862. The molecule has 0 bridgehead atoms. The Bertz CT molecular complexity index is 413. The third-order valence-corrected chi connectivity index (χ3v) is 4.31. The van der Waals surface area contributed by atoms with Gasteiger partial charge >= 0.3 is 0 Å². The molecule has 3 heteroatoms. The van der Waals surface area contributed by atoms with E-state index < -0.39 is 5.82 Å². The number of rotatable bonds is 4. The summed E-state index contributed by atoms with van der Waals surface area (Å²) < 4.78 is 12.9. The van der Waals surface area contributed by atoms with Gasteiger partial charge in [0, 0.05) is 17.7 Å². The summed E-state index contributed by atoms with van der Waals surface area (Å²) in [5.41, 5.74) is 0.769. The fraction of sp³-hybridized carbons (Fsp3) is 0.625. The summed E-state index contributed by atoms with van der Waals surface area (Å²) in [5.74, 6) is 1.25. The smallest absolute Gasteiger partial charge is 0.126 e. The molecule has 106 valence electrons.